The number of aromatic nitrogens is 1. The van der Waals surface area contributed by atoms with E-state index >= 15 is 0 Å². The van der Waals surface area contributed by atoms with E-state index in [-0.39, 0.29) is 0 Å². The molecule has 3 rings (SSSR count). The molecule has 2 aromatic rings. The Morgan fingerprint density at radius 2 is 2.29 bits per heavy atom. The fourth-order valence-electron chi connectivity index (χ4n) is 2.63. The maximum absolute atomic E-state index is 11.5. The smallest absolute Gasteiger partial charge is 0.327 e. The zero-order chi connectivity index (χ0) is 14.8. The van der Waals surface area contributed by atoms with Gasteiger partial charge >= 0.3 is 5.97 Å². The zero-order valence-corrected chi connectivity index (χ0v) is 12.5. The van der Waals surface area contributed by atoms with Crippen molar-refractivity contribution in [3.05, 3.63) is 30.5 Å². The molecule has 1 N–H and O–H groups in total. The topological polar surface area (TPSA) is 62.7 Å². The van der Waals surface area contributed by atoms with Crippen molar-refractivity contribution in [1.82, 2.24) is 4.98 Å². The number of pyridine rings is 1. The second-order valence-electron chi connectivity index (χ2n) is 4.81. The number of aliphatic carboxylic acids is 1. The molecule has 0 bridgehead atoms. The van der Waals surface area contributed by atoms with Gasteiger partial charge in [0.05, 0.1) is 7.11 Å². The number of carboxylic acids is 1. The number of hydrogen-bond donors (Lipinski definition) is 1. The maximum Gasteiger partial charge on any atom is 0.327 e. The summed E-state index contributed by atoms with van der Waals surface area (Å²) in [5.41, 5.74) is 0. The summed E-state index contributed by atoms with van der Waals surface area (Å²) in [6.07, 6.45) is 1.71. The number of hydrogen-bond acceptors (Lipinski definition) is 5. The second-order valence-corrected chi connectivity index (χ2v) is 5.96. The van der Waals surface area contributed by atoms with Crippen LogP contribution < -0.4 is 9.64 Å². The van der Waals surface area contributed by atoms with Gasteiger partial charge in [-0.05, 0) is 12.1 Å². The Labute approximate surface area is 126 Å². The molecule has 0 spiro atoms. The Bertz CT molecular complexity index is 677. The van der Waals surface area contributed by atoms with E-state index in [0.29, 0.717) is 12.3 Å². The van der Waals surface area contributed by atoms with Gasteiger partial charge in [0.2, 0.25) is 0 Å². The molecule has 2 heterocycles. The molecule has 6 heteroatoms. The SMILES string of the molecule is COc1cccc2c(N3CCSCC3C(=O)O)nccc12. The first kappa shape index (κ1) is 14.0. The summed E-state index contributed by atoms with van der Waals surface area (Å²) < 4.78 is 5.38. The maximum atomic E-state index is 11.5. The average molecular weight is 304 g/mol. The number of thioether (sulfide) groups is 1. The van der Waals surface area contributed by atoms with Gasteiger partial charge in [0.15, 0.2) is 0 Å². The highest BCUT2D eigenvalue weighted by atomic mass is 32.2. The van der Waals surface area contributed by atoms with Crippen LogP contribution >= 0.6 is 11.8 Å². The normalized spacial score (nSPS) is 18.7. The lowest BCUT2D eigenvalue weighted by Crippen LogP contribution is -2.47. The van der Waals surface area contributed by atoms with Gasteiger partial charge in [-0.1, -0.05) is 12.1 Å². The van der Waals surface area contributed by atoms with Crippen LogP contribution in [0.15, 0.2) is 30.5 Å². The number of nitrogens with zero attached hydrogens (tertiary/aromatic N) is 2. The van der Waals surface area contributed by atoms with E-state index in [1.54, 1.807) is 25.1 Å². The van der Waals surface area contributed by atoms with E-state index in [9.17, 15) is 9.90 Å². The highest BCUT2D eigenvalue weighted by molar-refractivity contribution is 7.99. The number of fused-ring (bicyclic) bond motifs is 1. The molecule has 1 fully saturated rings. The van der Waals surface area contributed by atoms with Crippen molar-refractivity contribution in [2.75, 3.05) is 30.1 Å². The van der Waals surface area contributed by atoms with Crippen LogP contribution in [0.5, 0.6) is 5.75 Å². The number of carbonyl (C=O) groups is 1. The van der Waals surface area contributed by atoms with Gasteiger partial charge in [0.1, 0.15) is 17.6 Å². The van der Waals surface area contributed by atoms with Crippen molar-refractivity contribution < 1.29 is 14.6 Å². The van der Waals surface area contributed by atoms with Gasteiger partial charge in [-0.25, -0.2) is 9.78 Å². The molecule has 0 aliphatic carbocycles. The first-order valence-corrected chi connectivity index (χ1v) is 7.86. The monoisotopic (exact) mass is 304 g/mol. The third-order valence-electron chi connectivity index (χ3n) is 3.65. The molecule has 0 saturated carbocycles. The Hall–Kier alpha value is -1.95. The zero-order valence-electron chi connectivity index (χ0n) is 11.7. The molecule has 5 nitrogen and oxygen atoms in total. The van der Waals surface area contributed by atoms with Crippen LogP contribution in [-0.4, -0.2) is 47.3 Å². The fraction of sp³-hybridized carbons (Fsp3) is 0.333. The summed E-state index contributed by atoms with van der Waals surface area (Å²) >= 11 is 1.67. The van der Waals surface area contributed by atoms with E-state index in [1.165, 1.54) is 0 Å². The average Bonchev–Trinajstić information content (AvgIpc) is 2.53. The lowest BCUT2D eigenvalue weighted by molar-refractivity contribution is -0.138. The Kier molecular flexibility index (Phi) is 3.88. The van der Waals surface area contributed by atoms with Crippen molar-refractivity contribution >= 4 is 34.3 Å². The number of carboxylic acid groups (broad SMARTS) is 1. The largest absolute Gasteiger partial charge is 0.496 e. The minimum absolute atomic E-state index is 0.534. The Morgan fingerprint density at radius 1 is 1.43 bits per heavy atom. The molecule has 21 heavy (non-hydrogen) atoms. The molecule has 0 radical (unpaired) electrons. The Balaban J connectivity index is 2.13. The number of ether oxygens (including phenoxy) is 1. The van der Waals surface area contributed by atoms with E-state index in [2.05, 4.69) is 4.98 Å². The van der Waals surface area contributed by atoms with Crippen LogP contribution in [0.25, 0.3) is 10.8 Å². The number of anilines is 1. The predicted octanol–water partition coefficient (Wildman–Crippen LogP) is 2.25. The third-order valence-corrected chi connectivity index (χ3v) is 4.67. The van der Waals surface area contributed by atoms with Crippen molar-refractivity contribution in [3.8, 4) is 5.75 Å². The van der Waals surface area contributed by atoms with E-state index in [0.717, 1.165) is 28.1 Å². The minimum atomic E-state index is -0.802. The summed E-state index contributed by atoms with van der Waals surface area (Å²) in [6, 6.07) is 7.12. The first-order valence-electron chi connectivity index (χ1n) is 6.71. The highest BCUT2D eigenvalue weighted by Crippen LogP contribution is 2.33. The van der Waals surface area contributed by atoms with Crippen LogP contribution in [0, 0.1) is 0 Å². The van der Waals surface area contributed by atoms with Crippen molar-refractivity contribution in [1.29, 1.82) is 0 Å². The molecule has 1 aromatic carbocycles. The minimum Gasteiger partial charge on any atom is -0.496 e. The van der Waals surface area contributed by atoms with E-state index in [1.807, 2.05) is 29.2 Å². The third kappa shape index (κ3) is 2.51. The molecular formula is C15H16N2O3S. The second kappa shape index (κ2) is 5.81. The lowest BCUT2D eigenvalue weighted by atomic mass is 10.1. The molecular weight excluding hydrogens is 288 g/mol. The van der Waals surface area contributed by atoms with Crippen molar-refractivity contribution in [2.24, 2.45) is 0 Å². The number of methoxy groups -OCH3 is 1. The van der Waals surface area contributed by atoms with Crippen LogP contribution in [0.2, 0.25) is 0 Å². The molecule has 1 saturated heterocycles. The predicted molar refractivity (Wildman–Crippen MR) is 84.4 cm³/mol. The summed E-state index contributed by atoms with van der Waals surface area (Å²) in [6.45, 7) is 0.685. The molecule has 1 atom stereocenters. The summed E-state index contributed by atoms with van der Waals surface area (Å²) in [5, 5.41) is 11.3. The van der Waals surface area contributed by atoms with Crippen LogP contribution in [-0.2, 0) is 4.79 Å². The summed E-state index contributed by atoms with van der Waals surface area (Å²) in [5.74, 6) is 2.18. The van der Waals surface area contributed by atoms with Crippen LogP contribution in [0.3, 0.4) is 0 Å². The quantitative estimate of drug-likeness (QED) is 0.938. The highest BCUT2D eigenvalue weighted by Gasteiger charge is 2.30. The van der Waals surface area contributed by atoms with Gasteiger partial charge in [0, 0.05) is 35.0 Å². The molecule has 1 aliphatic rings. The van der Waals surface area contributed by atoms with Gasteiger partial charge < -0.3 is 14.7 Å². The molecule has 110 valence electrons. The van der Waals surface area contributed by atoms with E-state index < -0.39 is 12.0 Å². The number of benzene rings is 1. The van der Waals surface area contributed by atoms with Gasteiger partial charge in [-0.15, -0.1) is 0 Å². The molecule has 1 aliphatic heterocycles. The summed E-state index contributed by atoms with van der Waals surface area (Å²) in [4.78, 5) is 17.8. The van der Waals surface area contributed by atoms with Crippen molar-refractivity contribution in [2.45, 2.75) is 6.04 Å². The molecule has 1 aromatic heterocycles. The van der Waals surface area contributed by atoms with E-state index in [4.69, 9.17) is 4.74 Å². The van der Waals surface area contributed by atoms with Crippen LogP contribution in [0.4, 0.5) is 5.82 Å². The fourth-order valence-corrected chi connectivity index (χ4v) is 3.67. The molecule has 0 amide bonds. The van der Waals surface area contributed by atoms with Gasteiger partial charge in [-0.2, -0.15) is 11.8 Å². The lowest BCUT2D eigenvalue weighted by Gasteiger charge is -2.34. The van der Waals surface area contributed by atoms with Gasteiger partial charge in [0.25, 0.3) is 0 Å². The Morgan fingerprint density at radius 3 is 3.05 bits per heavy atom. The van der Waals surface area contributed by atoms with Crippen LogP contribution in [0.1, 0.15) is 0 Å². The van der Waals surface area contributed by atoms with Crippen molar-refractivity contribution in [3.63, 3.8) is 0 Å². The molecule has 1 unspecified atom stereocenters. The number of rotatable bonds is 3. The first-order chi connectivity index (χ1) is 10.2. The van der Waals surface area contributed by atoms with Gasteiger partial charge in [-0.3, -0.25) is 0 Å². The standard InChI is InChI=1S/C15H16N2O3S/c1-20-13-4-2-3-11-10(13)5-6-16-14(11)17-7-8-21-9-12(17)15(18)19/h2-6,12H,7-9H2,1H3,(H,18,19). The summed E-state index contributed by atoms with van der Waals surface area (Å²) in [7, 11) is 1.63.